The zero-order valence-electron chi connectivity index (χ0n) is 16.6. The minimum Gasteiger partial charge on any atom is -0.497 e. The molecule has 1 saturated heterocycles. The Bertz CT molecular complexity index is 1130. The van der Waals surface area contributed by atoms with Gasteiger partial charge in [-0.1, -0.05) is 6.07 Å². The average molecular weight is 426 g/mol. The summed E-state index contributed by atoms with van der Waals surface area (Å²) in [6.07, 6.45) is 0. The number of amides is 1. The molecule has 156 valence electrons. The molecule has 0 radical (unpaired) electrons. The minimum absolute atomic E-state index is 0.140. The summed E-state index contributed by atoms with van der Waals surface area (Å²) in [5.74, 6) is 0.481. The lowest BCUT2D eigenvalue weighted by Crippen LogP contribution is -2.42. The van der Waals surface area contributed by atoms with Crippen LogP contribution in [0.15, 0.2) is 44.9 Å². The maximum Gasteiger partial charge on any atom is 0.290 e. The second-order valence-electron chi connectivity index (χ2n) is 7.41. The van der Waals surface area contributed by atoms with E-state index in [4.69, 9.17) is 13.9 Å². The second kappa shape index (κ2) is 7.86. The van der Waals surface area contributed by atoms with Gasteiger partial charge >= 0.3 is 0 Å². The molecule has 0 aliphatic carbocycles. The maximum atomic E-state index is 13.4. The van der Waals surface area contributed by atoms with Gasteiger partial charge in [0.25, 0.3) is 5.91 Å². The number of benzene rings is 1. The van der Waals surface area contributed by atoms with E-state index in [1.165, 1.54) is 0 Å². The van der Waals surface area contributed by atoms with E-state index in [1.807, 2.05) is 17.5 Å². The number of ether oxygens (including phenoxy) is 2. The molecule has 1 fully saturated rings. The van der Waals surface area contributed by atoms with Crippen LogP contribution < -0.4 is 10.2 Å². The molecule has 3 aromatic rings. The first-order chi connectivity index (χ1) is 14.7. The van der Waals surface area contributed by atoms with E-state index < -0.39 is 6.04 Å². The molecular weight excluding hydrogens is 404 g/mol. The number of nitrogens with zero attached hydrogens (tertiary/aromatic N) is 2. The van der Waals surface area contributed by atoms with Crippen LogP contribution in [0.2, 0.25) is 0 Å². The van der Waals surface area contributed by atoms with Gasteiger partial charge in [0.15, 0.2) is 5.43 Å². The predicted octanol–water partition coefficient (Wildman–Crippen LogP) is 2.74. The van der Waals surface area contributed by atoms with Crippen LogP contribution in [0.4, 0.5) is 0 Å². The number of hydrogen-bond donors (Lipinski definition) is 0. The smallest absolute Gasteiger partial charge is 0.290 e. The van der Waals surface area contributed by atoms with Crippen molar-refractivity contribution in [2.45, 2.75) is 6.04 Å². The van der Waals surface area contributed by atoms with E-state index in [1.54, 1.807) is 41.5 Å². The Hall–Kier alpha value is -2.68. The van der Waals surface area contributed by atoms with Gasteiger partial charge in [-0.2, -0.15) is 0 Å². The first-order valence-electron chi connectivity index (χ1n) is 9.96. The Morgan fingerprint density at radius 3 is 2.73 bits per heavy atom. The zero-order valence-corrected chi connectivity index (χ0v) is 17.4. The van der Waals surface area contributed by atoms with Crippen LogP contribution in [0.3, 0.4) is 0 Å². The minimum atomic E-state index is -0.420. The lowest BCUT2D eigenvalue weighted by Gasteiger charge is -2.30. The summed E-state index contributed by atoms with van der Waals surface area (Å²) in [5, 5.41) is 2.42. The molecule has 2 aromatic heterocycles. The predicted molar refractivity (Wildman–Crippen MR) is 113 cm³/mol. The zero-order chi connectivity index (χ0) is 20.7. The summed E-state index contributed by atoms with van der Waals surface area (Å²) < 4.78 is 16.6. The van der Waals surface area contributed by atoms with Gasteiger partial charge < -0.3 is 18.8 Å². The Morgan fingerprint density at radius 1 is 1.17 bits per heavy atom. The third kappa shape index (κ3) is 3.21. The van der Waals surface area contributed by atoms with E-state index in [0.29, 0.717) is 42.0 Å². The Labute approximate surface area is 177 Å². The summed E-state index contributed by atoms with van der Waals surface area (Å²) in [4.78, 5) is 31.8. The number of rotatable bonds is 5. The van der Waals surface area contributed by atoms with E-state index in [-0.39, 0.29) is 17.1 Å². The molecule has 30 heavy (non-hydrogen) atoms. The van der Waals surface area contributed by atoms with Crippen LogP contribution in [0.1, 0.15) is 27.0 Å². The van der Waals surface area contributed by atoms with E-state index in [9.17, 15) is 9.59 Å². The molecule has 2 aliphatic heterocycles. The summed E-state index contributed by atoms with van der Waals surface area (Å²) in [7, 11) is 1.55. The largest absolute Gasteiger partial charge is 0.497 e. The van der Waals surface area contributed by atoms with Crippen molar-refractivity contribution in [3.63, 3.8) is 0 Å². The molecule has 0 unspecified atom stereocenters. The molecule has 1 aromatic carbocycles. The van der Waals surface area contributed by atoms with E-state index >= 15 is 0 Å². The summed E-state index contributed by atoms with van der Waals surface area (Å²) in [6.45, 7) is 4.35. The number of methoxy groups -OCH3 is 1. The molecule has 4 heterocycles. The highest BCUT2D eigenvalue weighted by molar-refractivity contribution is 7.10. The monoisotopic (exact) mass is 426 g/mol. The third-order valence-electron chi connectivity index (χ3n) is 5.75. The number of thiophene rings is 1. The van der Waals surface area contributed by atoms with Gasteiger partial charge in [0.2, 0.25) is 5.76 Å². The quantitative estimate of drug-likeness (QED) is 0.625. The molecule has 7 nitrogen and oxygen atoms in total. The van der Waals surface area contributed by atoms with Crippen LogP contribution in [0.5, 0.6) is 5.75 Å². The summed E-state index contributed by atoms with van der Waals surface area (Å²) >= 11 is 1.54. The molecule has 0 N–H and O–H groups in total. The van der Waals surface area contributed by atoms with Gasteiger partial charge in [-0.3, -0.25) is 14.5 Å². The Kier molecular flexibility index (Phi) is 5.06. The van der Waals surface area contributed by atoms with Crippen molar-refractivity contribution < 1.29 is 18.7 Å². The standard InChI is InChI=1S/C22H22N2O5S/c1-27-14-4-5-15-16(13-14)29-21-18(20(15)25)19(17-3-2-12-30-17)24(22(21)26)7-6-23-8-10-28-11-9-23/h2-5,12-13,19H,6-11H2,1H3/t19-/m1/s1. The fourth-order valence-corrected chi connectivity index (χ4v) is 5.02. The van der Waals surface area contributed by atoms with Crippen molar-refractivity contribution in [2.75, 3.05) is 46.5 Å². The first kappa shape index (κ1) is 19.3. The Balaban J connectivity index is 1.58. The van der Waals surface area contributed by atoms with Gasteiger partial charge in [0.05, 0.1) is 37.3 Å². The molecular formula is C22H22N2O5S. The Morgan fingerprint density at radius 2 is 2.00 bits per heavy atom. The van der Waals surface area contributed by atoms with Crippen molar-refractivity contribution in [3.05, 3.63) is 62.1 Å². The number of morpholine rings is 1. The SMILES string of the molecule is COc1ccc2c(=O)c3c(oc2c1)C(=O)N(CCN1CCOCC1)[C@@H]3c1cccs1. The van der Waals surface area contributed by atoms with Crippen molar-refractivity contribution in [2.24, 2.45) is 0 Å². The molecule has 1 amide bonds. The highest BCUT2D eigenvalue weighted by atomic mass is 32.1. The van der Waals surface area contributed by atoms with Gasteiger partial charge in [-0.25, -0.2) is 0 Å². The molecule has 8 heteroatoms. The van der Waals surface area contributed by atoms with Crippen molar-refractivity contribution in [1.82, 2.24) is 9.80 Å². The molecule has 1 atom stereocenters. The number of fused-ring (bicyclic) bond motifs is 2. The summed E-state index contributed by atoms with van der Waals surface area (Å²) in [6, 6.07) is 8.58. The lowest BCUT2D eigenvalue weighted by atomic mass is 10.0. The van der Waals surface area contributed by atoms with Crippen molar-refractivity contribution in [1.29, 1.82) is 0 Å². The third-order valence-corrected chi connectivity index (χ3v) is 6.67. The summed E-state index contributed by atoms with van der Waals surface area (Å²) in [5.41, 5.74) is 0.642. The van der Waals surface area contributed by atoms with Gasteiger partial charge in [-0.15, -0.1) is 11.3 Å². The van der Waals surface area contributed by atoms with Gasteiger partial charge in [-0.05, 0) is 23.6 Å². The van der Waals surface area contributed by atoms with Crippen LogP contribution in [0.25, 0.3) is 11.0 Å². The van der Waals surface area contributed by atoms with Crippen LogP contribution in [-0.2, 0) is 4.74 Å². The fourth-order valence-electron chi connectivity index (χ4n) is 4.17. The second-order valence-corrected chi connectivity index (χ2v) is 8.39. The highest BCUT2D eigenvalue weighted by Crippen LogP contribution is 2.40. The van der Waals surface area contributed by atoms with E-state index in [2.05, 4.69) is 4.90 Å². The van der Waals surface area contributed by atoms with Gasteiger partial charge in [0, 0.05) is 37.1 Å². The molecule has 0 bridgehead atoms. The number of hydrogen-bond acceptors (Lipinski definition) is 7. The molecule has 0 spiro atoms. The number of carbonyl (C=O) groups excluding carboxylic acids is 1. The first-order valence-corrected chi connectivity index (χ1v) is 10.8. The average Bonchev–Trinajstić information content (AvgIpc) is 3.40. The molecule has 5 rings (SSSR count). The van der Waals surface area contributed by atoms with Crippen LogP contribution in [-0.4, -0.2) is 62.2 Å². The van der Waals surface area contributed by atoms with E-state index in [0.717, 1.165) is 24.5 Å². The van der Waals surface area contributed by atoms with Gasteiger partial charge in [0.1, 0.15) is 11.3 Å². The van der Waals surface area contributed by atoms with Crippen LogP contribution in [0, 0.1) is 0 Å². The van der Waals surface area contributed by atoms with Crippen molar-refractivity contribution >= 4 is 28.2 Å². The topological polar surface area (TPSA) is 72.2 Å². The number of carbonyl (C=O) groups is 1. The lowest BCUT2D eigenvalue weighted by molar-refractivity contribution is 0.0315. The fraction of sp³-hybridized carbons (Fsp3) is 0.364. The molecule has 2 aliphatic rings. The van der Waals surface area contributed by atoms with Crippen LogP contribution >= 0.6 is 11.3 Å². The molecule has 0 saturated carbocycles. The maximum absolute atomic E-state index is 13.4. The van der Waals surface area contributed by atoms with Crippen molar-refractivity contribution in [3.8, 4) is 5.75 Å². The normalized spacial score (nSPS) is 19.4. The highest BCUT2D eigenvalue weighted by Gasteiger charge is 2.43.